The Morgan fingerprint density at radius 1 is 1.15 bits per heavy atom. The Kier molecular flexibility index (Phi) is 7.66. The highest BCUT2D eigenvalue weighted by molar-refractivity contribution is 5.85. The van der Waals surface area contributed by atoms with Crippen molar-refractivity contribution in [3.8, 4) is 5.75 Å². The third-order valence-electron chi connectivity index (χ3n) is 4.78. The molecule has 2 aromatic rings. The van der Waals surface area contributed by atoms with Gasteiger partial charge in [0.1, 0.15) is 12.4 Å². The van der Waals surface area contributed by atoms with Crippen molar-refractivity contribution in [2.75, 3.05) is 13.2 Å². The van der Waals surface area contributed by atoms with Crippen LogP contribution < -0.4 is 15.8 Å². The van der Waals surface area contributed by atoms with Crippen molar-refractivity contribution < 1.29 is 14.3 Å². The Labute approximate surface area is 166 Å². The van der Waals surface area contributed by atoms with Crippen LogP contribution in [0.15, 0.2) is 54.6 Å². The van der Waals surface area contributed by atoms with Crippen molar-refractivity contribution in [1.82, 2.24) is 5.32 Å². The van der Waals surface area contributed by atoms with Gasteiger partial charge in [0.15, 0.2) is 0 Å². The molecule has 0 bridgehead atoms. The second kappa shape index (κ2) is 9.74. The fourth-order valence-electron chi connectivity index (χ4n) is 3.17. The van der Waals surface area contributed by atoms with Crippen LogP contribution in [0.2, 0.25) is 0 Å². The van der Waals surface area contributed by atoms with Crippen LogP contribution in [0.4, 0.5) is 0 Å². The number of ether oxygens (including phenoxy) is 2. The summed E-state index contributed by atoms with van der Waals surface area (Å²) in [4.78, 5) is 12.2. The van der Waals surface area contributed by atoms with Crippen LogP contribution in [-0.4, -0.2) is 25.2 Å². The Balaban J connectivity index is 0.00000261. The Morgan fingerprint density at radius 3 is 2.37 bits per heavy atom. The highest BCUT2D eigenvalue weighted by atomic mass is 35.5. The fraction of sp³-hybridized carbons (Fsp3) is 0.381. The number of rotatable bonds is 6. The molecule has 1 amide bonds. The van der Waals surface area contributed by atoms with Crippen molar-refractivity contribution >= 4 is 18.3 Å². The molecule has 3 rings (SSSR count). The maximum atomic E-state index is 12.2. The van der Waals surface area contributed by atoms with E-state index in [1.54, 1.807) is 6.92 Å². The van der Waals surface area contributed by atoms with Gasteiger partial charge in [-0.3, -0.25) is 4.79 Å². The summed E-state index contributed by atoms with van der Waals surface area (Å²) in [6, 6.07) is 17.5. The average Bonchev–Trinajstić information content (AvgIpc) is 2.68. The second-order valence-electron chi connectivity index (χ2n) is 6.77. The van der Waals surface area contributed by atoms with Crippen molar-refractivity contribution in [1.29, 1.82) is 0 Å². The van der Waals surface area contributed by atoms with Crippen molar-refractivity contribution in [2.45, 2.75) is 38.0 Å². The Morgan fingerprint density at radius 2 is 1.78 bits per heavy atom. The number of nitrogens with two attached hydrogens (primary N) is 1. The molecular weight excluding hydrogens is 364 g/mol. The molecule has 0 radical (unpaired) electrons. The van der Waals surface area contributed by atoms with Crippen molar-refractivity contribution in [2.24, 2.45) is 5.73 Å². The molecule has 146 valence electrons. The monoisotopic (exact) mass is 390 g/mol. The maximum absolute atomic E-state index is 12.2. The van der Waals surface area contributed by atoms with Crippen molar-refractivity contribution in [3.05, 3.63) is 65.7 Å². The van der Waals surface area contributed by atoms with Gasteiger partial charge in [0.25, 0.3) is 0 Å². The first-order valence-electron chi connectivity index (χ1n) is 9.02. The van der Waals surface area contributed by atoms with Gasteiger partial charge in [0, 0.05) is 13.2 Å². The highest BCUT2D eigenvalue weighted by Gasteiger charge is 2.36. The zero-order valence-corrected chi connectivity index (χ0v) is 16.3. The van der Waals surface area contributed by atoms with E-state index in [0.29, 0.717) is 19.8 Å². The molecule has 0 aromatic heterocycles. The van der Waals surface area contributed by atoms with E-state index >= 15 is 0 Å². The van der Waals surface area contributed by atoms with E-state index in [-0.39, 0.29) is 18.3 Å². The molecule has 1 heterocycles. The molecule has 1 aliphatic rings. The van der Waals surface area contributed by atoms with E-state index in [9.17, 15) is 4.79 Å². The van der Waals surface area contributed by atoms with Crippen LogP contribution >= 0.6 is 12.4 Å². The van der Waals surface area contributed by atoms with Gasteiger partial charge in [-0.15, -0.1) is 12.4 Å². The lowest BCUT2D eigenvalue weighted by Crippen LogP contribution is -2.53. The number of amides is 1. The van der Waals surface area contributed by atoms with Gasteiger partial charge < -0.3 is 20.5 Å². The smallest absolute Gasteiger partial charge is 0.237 e. The van der Waals surface area contributed by atoms with E-state index in [1.165, 1.54) is 0 Å². The molecule has 5 nitrogen and oxygen atoms in total. The number of halogens is 1. The van der Waals surface area contributed by atoms with Crippen LogP contribution in [-0.2, 0) is 21.7 Å². The molecular formula is C21H27ClN2O3. The van der Waals surface area contributed by atoms with Gasteiger partial charge in [-0.1, -0.05) is 42.5 Å². The summed E-state index contributed by atoms with van der Waals surface area (Å²) in [6.45, 7) is 3.46. The molecule has 1 saturated heterocycles. The Hall–Kier alpha value is -2.08. The number of carbonyl (C=O) groups excluding carboxylic acids is 1. The number of benzene rings is 2. The van der Waals surface area contributed by atoms with Gasteiger partial charge in [-0.2, -0.15) is 0 Å². The van der Waals surface area contributed by atoms with E-state index in [1.807, 2.05) is 54.6 Å². The quantitative estimate of drug-likeness (QED) is 0.794. The number of hydrogen-bond donors (Lipinski definition) is 2. The highest BCUT2D eigenvalue weighted by Crippen LogP contribution is 2.33. The molecule has 1 atom stereocenters. The average molecular weight is 391 g/mol. The minimum Gasteiger partial charge on any atom is -0.489 e. The first-order chi connectivity index (χ1) is 12.6. The van der Waals surface area contributed by atoms with Gasteiger partial charge in [0.2, 0.25) is 5.91 Å². The predicted octanol–water partition coefficient (Wildman–Crippen LogP) is 3.16. The van der Waals surface area contributed by atoms with E-state index in [4.69, 9.17) is 15.2 Å². The molecule has 1 aliphatic heterocycles. The Bertz CT molecular complexity index is 714. The molecule has 3 N–H and O–H groups in total. The summed E-state index contributed by atoms with van der Waals surface area (Å²) < 4.78 is 11.3. The zero-order valence-electron chi connectivity index (χ0n) is 15.5. The summed E-state index contributed by atoms with van der Waals surface area (Å²) in [7, 11) is 0. The van der Waals surface area contributed by atoms with Gasteiger partial charge in [-0.05, 0) is 43.0 Å². The zero-order chi connectivity index (χ0) is 18.4. The maximum Gasteiger partial charge on any atom is 0.237 e. The van der Waals surface area contributed by atoms with Gasteiger partial charge in [0.05, 0.1) is 11.6 Å². The normalized spacial score (nSPS) is 16.7. The number of carbonyl (C=O) groups is 1. The molecule has 0 saturated carbocycles. The molecule has 0 spiro atoms. The summed E-state index contributed by atoms with van der Waals surface area (Å²) in [5, 5.41) is 3.14. The summed E-state index contributed by atoms with van der Waals surface area (Å²) in [5.41, 5.74) is 7.50. The molecule has 1 fully saturated rings. The minimum absolute atomic E-state index is 0. The summed E-state index contributed by atoms with van der Waals surface area (Å²) in [6.07, 6.45) is 1.46. The van der Waals surface area contributed by atoms with Crippen LogP contribution in [0.25, 0.3) is 0 Å². The third-order valence-corrected chi connectivity index (χ3v) is 4.78. The molecule has 6 heteroatoms. The van der Waals surface area contributed by atoms with E-state index in [2.05, 4.69) is 5.32 Å². The lowest BCUT2D eigenvalue weighted by Gasteiger charge is -2.39. The van der Waals surface area contributed by atoms with Crippen molar-refractivity contribution in [3.63, 3.8) is 0 Å². The van der Waals surface area contributed by atoms with Crippen LogP contribution in [0, 0.1) is 0 Å². The lowest BCUT2D eigenvalue weighted by atomic mass is 9.82. The third kappa shape index (κ3) is 5.45. The first-order valence-corrected chi connectivity index (χ1v) is 9.02. The topological polar surface area (TPSA) is 73.6 Å². The standard InChI is InChI=1S/C21H26N2O3.ClH/c1-16(22)20(24)23-21(11-13-25-14-12-21)18-7-9-19(10-8-18)26-15-17-5-3-2-4-6-17;/h2-10,16H,11-15,22H2,1H3,(H,23,24);1H/t16-;/m0./s1. The molecule has 0 aliphatic carbocycles. The second-order valence-corrected chi connectivity index (χ2v) is 6.77. The molecule has 0 unspecified atom stereocenters. The summed E-state index contributed by atoms with van der Waals surface area (Å²) >= 11 is 0. The van der Waals surface area contributed by atoms with Gasteiger partial charge >= 0.3 is 0 Å². The van der Waals surface area contributed by atoms with Gasteiger partial charge in [-0.25, -0.2) is 0 Å². The summed E-state index contributed by atoms with van der Waals surface area (Å²) in [5.74, 6) is 0.662. The molecule has 27 heavy (non-hydrogen) atoms. The number of hydrogen-bond acceptors (Lipinski definition) is 4. The molecule has 2 aromatic carbocycles. The minimum atomic E-state index is -0.539. The number of nitrogens with one attached hydrogen (secondary N) is 1. The predicted molar refractivity (Wildman–Crippen MR) is 108 cm³/mol. The van der Waals surface area contributed by atoms with Crippen LogP contribution in [0.5, 0.6) is 5.75 Å². The largest absolute Gasteiger partial charge is 0.489 e. The van der Waals surface area contributed by atoms with Crippen LogP contribution in [0.1, 0.15) is 30.9 Å². The van der Waals surface area contributed by atoms with E-state index in [0.717, 1.165) is 29.7 Å². The first kappa shape index (κ1) is 21.2. The van der Waals surface area contributed by atoms with E-state index < -0.39 is 11.6 Å². The van der Waals surface area contributed by atoms with Crippen LogP contribution in [0.3, 0.4) is 0 Å². The SMILES string of the molecule is C[C@H](N)C(=O)NC1(c2ccc(OCc3ccccc3)cc2)CCOCC1.Cl. The lowest BCUT2D eigenvalue weighted by molar-refractivity contribution is -0.125. The fourth-order valence-corrected chi connectivity index (χ4v) is 3.17.